The van der Waals surface area contributed by atoms with Crippen LogP contribution in [0.5, 0.6) is 0 Å². The standard InChI is InChI=1S/C15H26O4/c1-7-8-12(3,4)14-9-10(2)11-13(5,6)15(14,18-16-11)19-17-14/h10-11H,7-9H2,1-6H3. The van der Waals surface area contributed by atoms with Crippen LogP contribution in [0.2, 0.25) is 0 Å². The molecule has 0 aromatic carbocycles. The van der Waals surface area contributed by atoms with Gasteiger partial charge in [0.1, 0.15) is 6.10 Å². The summed E-state index contributed by atoms with van der Waals surface area (Å²) < 4.78 is 0. The van der Waals surface area contributed by atoms with Gasteiger partial charge in [0, 0.05) is 5.41 Å². The van der Waals surface area contributed by atoms with Crippen LogP contribution in [0, 0.1) is 16.7 Å². The monoisotopic (exact) mass is 270 g/mol. The fraction of sp³-hybridized carbons (Fsp3) is 1.00. The second-order valence-corrected chi connectivity index (χ2v) is 7.75. The number of fused-ring (bicyclic) bond motifs is 1. The second kappa shape index (κ2) is 3.73. The Bertz CT molecular complexity index is 392. The number of hydrogen-bond acceptors (Lipinski definition) is 4. The molecule has 4 heteroatoms. The minimum Gasteiger partial charge on any atom is -0.229 e. The molecule has 4 unspecified atom stereocenters. The first-order chi connectivity index (χ1) is 8.74. The summed E-state index contributed by atoms with van der Waals surface area (Å²) in [5.74, 6) is -0.360. The van der Waals surface area contributed by atoms with Gasteiger partial charge in [-0.25, -0.2) is 9.78 Å². The van der Waals surface area contributed by atoms with Crippen LogP contribution in [0.15, 0.2) is 0 Å². The predicted octanol–water partition coefficient (Wildman–Crippen LogP) is 3.61. The predicted molar refractivity (Wildman–Crippen MR) is 69.8 cm³/mol. The molecule has 3 aliphatic rings. The molecule has 19 heavy (non-hydrogen) atoms. The summed E-state index contributed by atoms with van der Waals surface area (Å²) >= 11 is 0. The molecule has 0 aromatic heterocycles. The van der Waals surface area contributed by atoms with Crippen molar-refractivity contribution in [1.29, 1.82) is 0 Å². The molecule has 2 heterocycles. The molecule has 2 bridgehead atoms. The summed E-state index contributed by atoms with van der Waals surface area (Å²) in [6.45, 7) is 13.3. The molecule has 110 valence electrons. The smallest absolute Gasteiger partial charge is 0.229 e. The van der Waals surface area contributed by atoms with Crippen molar-refractivity contribution in [2.75, 3.05) is 0 Å². The molecule has 4 nitrogen and oxygen atoms in total. The molecule has 3 fully saturated rings. The normalized spacial score (nSPS) is 47.7. The summed E-state index contributed by atoms with van der Waals surface area (Å²) in [6.07, 6.45) is 3.19. The van der Waals surface area contributed by atoms with E-state index in [1.54, 1.807) is 0 Å². The highest BCUT2D eigenvalue weighted by atomic mass is 17.4. The maximum atomic E-state index is 5.76. The van der Waals surface area contributed by atoms with Crippen LogP contribution in [0.25, 0.3) is 0 Å². The van der Waals surface area contributed by atoms with Crippen molar-refractivity contribution < 1.29 is 19.6 Å². The Morgan fingerprint density at radius 3 is 2.37 bits per heavy atom. The maximum Gasteiger partial charge on any atom is 0.273 e. The largest absolute Gasteiger partial charge is 0.273 e. The highest BCUT2D eigenvalue weighted by Crippen LogP contribution is 2.70. The molecule has 0 radical (unpaired) electrons. The molecule has 1 aliphatic carbocycles. The molecule has 2 saturated heterocycles. The SMILES string of the molecule is CCCC(C)(C)C12CC(C)C3OOC1(OO2)C3(C)C. The van der Waals surface area contributed by atoms with Crippen molar-refractivity contribution in [3.63, 3.8) is 0 Å². The molecule has 1 spiro atoms. The Hall–Kier alpha value is -0.160. The first-order valence-corrected chi connectivity index (χ1v) is 7.45. The minimum atomic E-state index is -0.754. The van der Waals surface area contributed by atoms with Crippen LogP contribution in [0.4, 0.5) is 0 Å². The fourth-order valence-corrected chi connectivity index (χ4v) is 4.66. The van der Waals surface area contributed by atoms with E-state index in [1.807, 2.05) is 0 Å². The fourth-order valence-electron chi connectivity index (χ4n) is 4.66. The molecule has 0 amide bonds. The zero-order chi connectivity index (χ0) is 14.1. The van der Waals surface area contributed by atoms with Gasteiger partial charge >= 0.3 is 0 Å². The topological polar surface area (TPSA) is 36.9 Å². The van der Waals surface area contributed by atoms with E-state index in [9.17, 15) is 0 Å². The lowest BCUT2D eigenvalue weighted by Crippen LogP contribution is -2.80. The highest BCUT2D eigenvalue weighted by Gasteiger charge is 2.85. The summed E-state index contributed by atoms with van der Waals surface area (Å²) in [5, 5.41) is 0. The molecule has 3 rings (SSSR count). The van der Waals surface area contributed by atoms with Gasteiger partial charge in [0.2, 0.25) is 0 Å². The zero-order valence-corrected chi connectivity index (χ0v) is 12.9. The third-order valence-electron chi connectivity index (χ3n) is 5.76. The van der Waals surface area contributed by atoms with Crippen LogP contribution < -0.4 is 0 Å². The molecular weight excluding hydrogens is 244 g/mol. The van der Waals surface area contributed by atoms with E-state index in [0.29, 0.717) is 5.92 Å². The van der Waals surface area contributed by atoms with Gasteiger partial charge in [-0.3, -0.25) is 0 Å². The van der Waals surface area contributed by atoms with Crippen LogP contribution in [-0.2, 0) is 19.6 Å². The minimum absolute atomic E-state index is 0.00972. The second-order valence-electron chi connectivity index (χ2n) is 7.75. The first-order valence-electron chi connectivity index (χ1n) is 7.45. The Balaban J connectivity index is 2.07. The number of rotatable bonds is 3. The van der Waals surface area contributed by atoms with Crippen molar-refractivity contribution in [1.82, 2.24) is 0 Å². The van der Waals surface area contributed by atoms with E-state index in [1.165, 1.54) is 0 Å². The van der Waals surface area contributed by atoms with Crippen molar-refractivity contribution in [2.45, 2.75) is 78.3 Å². The lowest BCUT2D eigenvalue weighted by Gasteiger charge is -2.66. The van der Waals surface area contributed by atoms with Gasteiger partial charge in [0.05, 0.1) is 5.41 Å². The van der Waals surface area contributed by atoms with E-state index < -0.39 is 11.4 Å². The Labute approximate surface area is 115 Å². The third kappa shape index (κ3) is 1.29. The molecule has 2 aliphatic heterocycles. The Morgan fingerprint density at radius 2 is 1.84 bits per heavy atom. The van der Waals surface area contributed by atoms with Crippen LogP contribution >= 0.6 is 0 Å². The highest BCUT2D eigenvalue weighted by molar-refractivity contribution is 5.20. The van der Waals surface area contributed by atoms with E-state index >= 15 is 0 Å². The van der Waals surface area contributed by atoms with Crippen LogP contribution in [0.1, 0.15) is 60.8 Å². The third-order valence-corrected chi connectivity index (χ3v) is 5.76. The van der Waals surface area contributed by atoms with Crippen LogP contribution in [0.3, 0.4) is 0 Å². The van der Waals surface area contributed by atoms with E-state index in [0.717, 1.165) is 19.3 Å². The van der Waals surface area contributed by atoms with Gasteiger partial charge in [-0.15, -0.1) is 0 Å². The van der Waals surface area contributed by atoms with E-state index in [4.69, 9.17) is 19.6 Å². The average molecular weight is 270 g/mol. The van der Waals surface area contributed by atoms with Gasteiger partial charge < -0.3 is 0 Å². The van der Waals surface area contributed by atoms with Gasteiger partial charge in [0.25, 0.3) is 5.79 Å². The lowest BCUT2D eigenvalue weighted by molar-refractivity contribution is -0.662. The van der Waals surface area contributed by atoms with Gasteiger partial charge in [0.15, 0.2) is 5.60 Å². The Kier molecular flexibility index (Phi) is 2.71. The van der Waals surface area contributed by atoms with E-state index in [2.05, 4.69) is 41.5 Å². The Morgan fingerprint density at radius 1 is 1.16 bits per heavy atom. The average Bonchev–Trinajstić information content (AvgIpc) is 2.51. The summed E-state index contributed by atoms with van der Waals surface area (Å²) in [6, 6.07) is 0. The van der Waals surface area contributed by atoms with Gasteiger partial charge in [-0.1, -0.05) is 48.0 Å². The molecular formula is C15H26O4. The molecule has 0 N–H and O–H groups in total. The molecule has 4 atom stereocenters. The van der Waals surface area contributed by atoms with Crippen molar-refractivity contribution in [2.24, 2.45) is 16.7 Å². The summed E-state index contributed by atoms with van der Waals surface area (Å²) in [5.41, 5.74) is -0.621. The lowest BCUT2D eigenvalue weighted by atomic mass is 9.51. The van der Waals surface area contributed by atoms with Crippen molar-refractivity contribution in [3.8, 4) is 0 Å². The van der Waals surface area contributed by atoms with Gasteiger partial charge in [-0.2, -0.15) is 9.78 Å². The zero-order valence-electron chi connectivity index (χ0n) is 12.9. The summed E-state index contributed by atoms with van der Waals surface area (Å²) in [7, 11) is 0. The van der Waals surface area contributed by atoms with Crippen molar-refractivity contribution >= 4 is 0 Å². The van der Waals surface area contributed by atoms with Crippen LogP contribution in [-0.4, -0.2) is 17.5 Å². The van der Waals surface area contributed by atoms with E-state index in [-0.39, 0.29) is 16.9 Å². The first kappa shape index (κ1) is 13.8. The summed E-state index contributed by atoms with van der Waals surface area (Å²) in [4.78, 5) is 22.7. The maximum absolute atomic E-state index is 5.76. The quantitative estimate of drug-likeness (QED) is 0.734. The molecule has 0 aromatic rings. The van der Waals surface area contributed by atoms with Crippen molar-refractivity contribution in [3.05, 3.63) is 0 Å². The number of hydrogen-bond donors (Lipinski definition) is 0. The van der Waals surface area contributed by atoms with Gasteiger partial charge in [-0.05, 0) is 18.8 Å². The molecule has 1 saturated carbocycles.